The smallest absolute Gasteiger partial charge is 0.0420 e. The molecule has 0 bridgehead atoms. The average Bonchev–Trinajstić information content (AvgIpc) is 2.28. The monoisotopic (exact) mass is 252 g/mol. The Morgan fingerprint density at radius 3 is 2.59 bits per heavy atom. The summed E-state index contributed by atoms with van der Waals surface area (Å²) in [4.78, 5) is 3.63. The summed E-state index contributed by atoms with van der Waals surface area (Å²) in [7, 11) is 2.15. The Balaban J connectivity index is 3.01. The van der Waals surface area contributed by atoms with Crippen molar-refractivity contribution in [2.45, 2.75) is 32.2 Å². The standard InChI is InChI=1S/C14H24N2S/c1-5-17-14-8-6-7-13(12(14)9-15)16(4)10-11(2)3/h6-8,11H,5,9-10,15H2,1-4H3. The molecule has 1 rings (SSSR count). The largest absolute Gasteiger partial charge is 0.374 e. The van der Waals surface area contributed by atoms with Crippen molar-refractivity contribution in [3.05, 3.63) is 23.8 Å². The normalized spacial score (nSPS) is 10.9. The number of nitrogens with two attached hydrogens (primary N) is 1. The van der Waals surface area contributed by atoms with Crippen LogP contribution in [0.1, 0.15) is 26.3 Å². The predicted octanol–water partition coefficient (Wildman–Crippen LogP) is 3.35. The second-order valence-electron chi connectivity index (χ2n) is 4.67. The topological polar surface area (TPSA) is 29.3 Å². The molecule has 0 aromatic heterocycles. The molecule has 1 aromatic rings. The third-order valence-corrected chi connectivity index (χ3v) is 3.64. The maximum Gasteiger partial charge on any atom is 0.0420 e. The van der Waals surface area contributed by atoms with Crippen LogP contribution < -0.4 is 10.6 Å². The summed E-state index contributed by atoms with van der Waals surface area (Å²) in [6.45, 7) is 8.33. The van der Waals surface area contributed by atoms with Crippen LogP contribution in [0.25, 0.3) is 0 Å². The minimum absolute atomic E-state index is 0.612. The van der Waals surface area contributed by atoms with Crippen LogP contribution in [0.15, 0.2) is 23.1 Å². The van der Waals surface area contributed by atoms with E-state index in [0.29, 0.717) is 12.5 Å². The zero-order valence-electron chi connectivity index (χ0n) is 11.4. The first kappa shape index (κ1) is 14.4. The molecule has 0 aliphatic heterocycles. The van der Waals surface area contributed by atoms with Gasteiger partial charge in [-0.1, -0.05) is 26.8 Å². The summed E-state index contributed by atoms with van der Waals surface area (Å²) < 4.78 is 0. The summed E-state index contributed by atoms with van der Waals surface area (Å²) in [6, 6.07) is 6.47. The molecule has 2 nitrogen and oxygen atoms in total. The van der Waals surface area contributed by atoms with Gasteiger partial charge in [0.15, 0.2) is 0 Å². The molecule has 0 saturated carbocycles. The molecule has 0 aliphatic rings. The van der Waals surface area contributed by atoms with Crippen molar-refractivity contribution in [2.24, 2.45) is 11.7 Å². The molecule has 96 valence electrons. The molecular formula is C14H24N2S. The molecule has 0 radical (unpaired) electrons. The molecule has 2 N–H and O–H groups in total. The third kappa shape index (κ3) is 3.93. The van der Waals surface area contributed by atoms with Gasteiger partial charge < -0.3 is 10.6 Å². The van der Waals surface area contributed by atoms with E-state index in [1.807, 2.05) is 11.8 Å². The van der Waals surface area contributed by atoms with Crippen molar-refractivity contribution in [3.63, 3.8) is 0 Å². The van der Waals surface area contributed by atoms with Gasteiger partial charge in [-0.2, -0.15) is 0 Å². The molecule has 0 heterocycles. The number of hydrogen-bond acceptors (Lipinski definition) is 3. The molecule has 3 heteroatoms. The Bertz CT molecular complexity index is 350. The highest BCUT2D eigenvalue weighted by atomic mass is 32.2. The minimum Gasteiger partial charge on any atom is -0.374 e. The maximum atomic E-state index is 5.91. The quantitative estimate of drug-likeness (QED) is 0.787. The van der Waals surface area contributed by atoms with Crippen LogP contribution in [0.5, 0.6) is 0 Å². The van der Waals surface area contributed by atoms with E-state index in [0.717, 1.165) is 12.3 Å². The van der Waals surface area contributed by atoms with Gasteiger partial charge >= 0.3 is 0 Å². The van der Waals surface area contributed by atoms with E-state index in [1.54, 1.807) is 0 Å². The van der Waals surface area contributed by atoms with Crippen LogP contribution in [-0.4, -0.2) is 19.3 Å². The molecule has 0 spiro atoms. The Labute approximate surface area is 110 Å². The average molecular weight is 252 g/mol. The number of thioether (sulfide) groups is 1. The van der Waals surface area contributed by atoms with Crippen molar-refractivity contribution < 1.29 is 0 Å². The second kappa shape index (κ2) is 6.92. The van der Waals surface area contributed by atoms with Crippen LogP contribution in [-0.2, 0) is 6.54 Å². The molecule has 1 aromatic carbocycles. The summed E-state index contributed by atoms with van der Waals surface area (Å²) in [5, 5.41) is 0. The first-order chi connectivity index (χ1) is 8.10. The van der Waals surface area contributed by atoms with E-state index in [9.17, 15) is 0 Å². The first-order valence-electron chi connectivity index (χ1n) is 6.26. The Hall–Kier alpha value is -0.670. The van der Waals surface area contributed by atoms with E-state index in [2.05, 4.69) is 50.9 Å². The van der Waals surface area contributed by atoms with E-state index in [-0.39, 0.29) is 0 Å². The number of anilines is 1. The first-order valence-corrected chi connectivity index (χ1v) is 7.24. The lowest BCUT2D eigenvalue weighted by molar-refractivity contribution is 0.636. The molecule has 17 heavy (non-hydrogen) atoms. The van der Waals surface area contributed by atoms with E-state index in [4.69, 9.17) is 5.73 Å². The number of rotatable bonds is 6. The fraction of sp³-hybridized carbons (Fsp3) is 0.571. The van der Waals surface area contributed by atoms with Crippen LogP contribution in [0.2, 0.25) is 0 Å². The van der Waals surface area contributed by atoms with Gasteiger partial charge in [0.25, 0.3) is 0 Å². The second-order valence-corrected chi connectivity index (χ2v) is 5.97. The summed E-state index contributed by atoms with van der Waals surface area (Å²) >= 11 is 1.87. The van der Waals surface area contributed by atoms with Gasteiger partial charge in [0.05, 0.1) is 0 Å². The van der Waals surface area contributed by atoms with Crippen LogP contribution >= 0.6 is 11.8 Å². The Morgan fingerprint density at radius 2 is 2.06 bits per heavy atom. The fourth-order valence-corrected chi connectivity index (χ4v) is 2.90. The van der Waals surface area contributed by atoms with Gasteiger partial charge in [-0.3, -0.25) is 0 Å². The van der Waals surface area contributed by atoms with Gasteiger partial charge in [-0.05, 0) is 23.8 Å². The van der Waals surface area contributed by atoms with Gasteiger partial charge in [0, 0.05) is 36.3 Å². The number of nitrogens with zero attached hydrogens (tertiary/aromatic N) is 1. The molecule has 0 amide bonds. The van der Waals surface area contributed by atoms with E-state index in [1.165, 1.54) is 16.1 Å². The minimum atomic E-state index is 0.612. The van der Waals surface area contributed by atoms with Crippen molar-refractivity contribution in [1.82, 2.24) is 0 Å². The van der Waals surface area contributed by atoms with E-state index >= 15 is 0 Å². The van der Waals surface area contributed by atoms with Gasteiger partial charge in [0.2, 0.25) is 0 Å². The van der Waals surface area contributed by atoms with Crippen molar-refractivity contribution in [3.8, 4) is 0 Å². The van der Waals surface area contributed by atoms with Crippen molar-refractivity contribution >= 4 is 17.4 Å². The van der Waals surface area contributed by atoms with Crippen LogP contribution in [0, 0.1) is 5.92 Å². The van der Waals surface area contributed by atoms with E-state index < -0.39 is 0 Å². The summed E-state index contributed by atoms with van der Waals surface area (Å²) in [6.07, 6.45) is 0. The van der Waals surface area contributed by atoms with Crippen molar-refractivity contribution in [2.75, 3.05) is 24.2 Å². The molecule has 0 unspecified atom stereocenters. The Kier molecular flexibility index (Phi) is 5.86. The lowest BCUT2D eigenvalue weighted by atomic mass is 10.1. The molecule has 0 atom stereocenters. The zero-order chi connectivity index (χ0) is 12.8. The molecule has 0 fully saturated rings. The summed E-state index contributed by atoms with van der Waals surface area (Å²) in [5.74, 6) is 1.75. The van der Waals surface area contributed by atoms with Crippen molar-refractivity contribution in [1.29, 1.82) is 0 Å². The maximum absolute atomic E-state index is 5.91. The number of hydrogen-bond donors (Lipinski definition) is 1. The zero-order valence-corrected chi connectivity index (χ0v) is 12.2. The number of benzene rings is 1. The van der Waals surface area contributed by atoms with Gasteiger partial charge in [0.1, 0.15) is 0 Å². The fourth-order valence-electron chi connectivity index (χ4n) is 2.05. The van der Waals surface area contributed by atoms with Crippen LogP contribution in [0.4, 0.5) is 5.69 Å². The highest BCUT2D eigenvalue weighted by molar-refractivity contribution is 7.99. The summed E-state index contributed by atoms with van der Waals surface area (Å²) in [5.41, 5.74) is 8.47. The molecule has 0 aliphatic carbocycles. The SMILES string of the molecule is CCSc1cccc(N(C)CC(C)C)c1CN. The van der Waals surface area contributed by atoms with Gasteiger partial charge in [-0.15, -0.1) is 11.8 Å². The van der Waals surface area contributed by atoms with Gasteiger partial charge in [-0.25, -0.2) is 0 Å². The predicted molar refractivity (Wildman–Crippen MR) is 78.8 cm³/mol. The van der Waals surface area contributed by atoms with Crippen LogP contribution in [0.3, 0.4) is 0 Å². The molecule has 0 saturated heterocycles. The lowest BCUT2D eigenvalue weighted by Gasteiger charge is -2.25. The molecular weight excluding hydrogens is 228 g/mol. The highest BCUT2D eigenvalue weighted by Gasteiger charge is 2.11. The lowest BCUT2D eigenvalue weighted by Crippen LogP contribution is -2.24. The Morgan fingerprint density at radius 1 is 1.35 bits per heavy atom. The third-order valence-electron chi connectivity index (χ3n) is 2.66. The highest BCUT2D eigenvalue weighted by Crippen LogP contribution is 2.30.